The first-order chi connectivity index (χ1) is 12.9. The smallest absolute Gasteiger partial charge is 0.273 e. The summed E-state index contributed by atoms with van der Waals surface area (Å²) in [5.74, 6) is 0.287. The second-order valence-corrected chi connectivity index (χ2v) is 5.95. The molecule has 0 radical (unpaired) electrons. The van der Waals surface area contributed by atoms with Crippen molar-refractivity contribution < 1.29 is 14.5 Å². The summed E-state index contributed by atoms with van der Waals surface area (Å²) in [6.07, 6.45) is 1.37. The third-order valence-electron chi connectivity index (χ3n) is 4.39. The number of hydrogen-bond acceptors (Lipinski definition) is 5. The first-order valence-electron chi connectivity index (χ1n) is 8.13. The third-order valence-corrected chi connectivity index (χ3v) is 4.39. The molecule has 0 saturated carbocycles. The lowest BCUT2D eigenvalue weighted by atomic mass is 10.1. The topological polar surface area (TPSA) is 98.8 Å². The molecule has 2 aromatic carbocycles. The maximum absolute atomic E-state index is 12.7. The van der Waals surface area contributed by atoms with Gasteiger partial charge < -0.3 is 9.30 Å². The summed E-state index contributed by atoms with van der Waals surface area (Å²) in [4.78, 5) is 23.0. The fourth-order valence-electron chi connectivity index (χ4n) is 2.90. The van der Waals surface area contributed by atoms with E-state index in [-0.39, 0.29) is 11.6 Å². The van der Waals surface area contributed by atoms with Gasteiger partial charge in [-0.15, -0.1) is 0 Å². The minimum atomic E-state index is -0.483. The highest BCUT2D eigenvalue weighted by molar-refractivity contribution is 6.08. The van der Waals surface area contributed by atoms with Gasteiger partial charge in [0.25, 0.3) is 11.6 Å². The zero-order valence-corrected chi connectivity index (χ0v) is 15.1. The Bertz CT molecular complexity index is 1070. The fraction of sp³-hybridized carbons (Fsp3) is 0.158. The van der Waals surface area contributed by atoms with E-state index in [1.165, 1.54) is 18.3 Å². The van der Waals surface area contributed by atoms with Crippen LogP contribution >= 0.6 is 0 Å². The summed E-state index contributed by atoms with van der Waals surface area (Å²) in [5.41, 5.74) is 5.16. The number of nitro groups is 1. The van der Waals surface area contributed by atoms with E-state index in [4.69, 9.17) is 4.74 Å². The molecule has 1 aromatic heterocycles. The number of hydrogen-bond donors (Lipinski definition) is 1. The Labute approximate surface area is 155 Å². The predicted octanol–water partition coefficient (Wildman–Crippen LogP) is 3.17. The van der Waals surface area contributed by atoms with Crippen LogP contribution in [0.25, 0.3) is 10.9 Å². The average molecular weight is 366 g/mol. The maximum Gasteiger partial charge on any atom is 0.273 e. The van der Waals surface area contributed by atoms with Crippen LogP contribution in [0.4, 0.5) is 5.69 Å². The lowest BCUT2D eigenvalue weighted by Crippen LogP contribution is -2.18. The average Bonchev–Trinajstić information content (AvgIpc) is 2.92. The van der Waals surface area contributed by atoms with Crippen LogP contribution in [-0.2, 0) is 7.05 Å². The molecule has 0 fully saturated rings. The van der Waals surface area contributed by atoms with E-state index < -0.39 is 4.92 Å². The molecule has 0 saturated heterocycles. The number of methoxy groups -OCH3 is 1. The molecular formula is C19H18N4O4. The molecule has 27 heavy (non-hydrogen) atoms. The van der Waals surface area contributed by atoms with Gasteiger partial charge in [0.05, 0.1) is 23.8 Å². The van der Waals surface area contributed by atoms with Gasteiger partial charge in [0.2, 0.25) is 0 Å². The van der Waals surface area contributed by atoms with Crippen LogP contribution in [0.5, 0.6) is 5.75 Å². The van der Waals surface area contributed by atoms with Crippen molar-refractivity contribution in [1.29, 1.82) is 0 Å². The molecule has 0 spiro atoms. The highest BCUT2D eigenvalue weighted by Gasteiger charge is 2.18. The molecule has 1 amide bonds. The molecule has 3 rings (SSSR count). The Morgan fingerprint density at radius 3 is 2.78 bits per heavy atom. The van der Waals surface area contributed by atoms with Crippen molar-refractivity contribution in [2.45, 2.75) is 6.92 Å². The van der Waals surface area contributed by atoms with Gasteiger partial charge in [-0.1, -0.05) is 12.1 Å². The molecule has 0 unspecified atom stereocenters. The lowest BCUT2D eigenvalue weighted by molar-refractivity contribution is -0.384. The molecule has 138 valence electrons. The van der Waals surface area contributed by atoms with Crippen molar-refractivity contribution in [1.82, 2.24) is 9.99 Å². The Balaban J connectivity index is 1.87. The molecule has 1 N–H and O–H groups in total. The highest BCUT2D eigenvalue weighted by Crippen LogP contribution is 2.28. The maximum atomic E-state index is 12.7. The molecular weight excluding hydrogens is 348 g/mol. The number of benzene rings is 2. The van der Waals surface area contributed by atoms with E-state index in [9.17, 15) is 14.9 Å². The van der Waals surface area contributed by atoms with E-state index in [1.807, 2.05) is 36.7 Å². The molecule has 0 atom stereocenters. The van der Waals surface area contributed by atoms with Gasteiger partial charge in [-0.3, -0.25) is 14.9 Å². The van der Waals surface area contributed by atoms with Gasteiger partial charge in [-0.2, -0.15) is 5.10 Å². The summed E-state index contributed by atoms with van der Waals surface area (Å²) in [7, 11) is 3.45. The minimum Gasteiger partial charge on any atom is -0.497 e. The first kappa shape index (κ1) is 18.1. The van der Waals surface area contributed by atoms with Gasteiger partial charge in [0.15, 0.2) is 0 Å². The number of aryl methyl sites for hydroxylation is 1. The Morgan fingerprint density at radius 2 is 2.07 bits per heavy atom. The molecule has 3 aromatic rings. The highest BCUT2D eigenvalue weighted by atomic mass is 16.6. The Morgan fingerprint density at radius 1 is 1.30 bits per heavy atom. The number of amides is 1. The van der Waals surface area contributed by atoms with E-state index in [1.54, 1.807) is 19.2 Å². The fourth-order valence-corrected chi connectivity index (χ4v) is 2.90. The van der Waals surface area contributed by atoms with Gasteiger partial charge in [0.1, 0.15) is 5.75 Å². The number of nitro benzene ring substituents is 1. The zero-order chi connectivity index (χ0) is 19.6. The van der Waals surface area contributed by atoms with Crippen LogP contribution in [0.1, 0.15) is 21.6 Å². The number of non-ortho nitro benzene ring substituents is 1. The van der Waals surface area contributed by atoms with E-state index in [0.717, 1.165) is 16.6 Å². The van der Waals surface area contributed by atoms with Crippen molar-refractivity contribution in [3.8, 4) is 5.75 Å². The van der Waals surface area contributed by atoms with Crippen molar-refractivity contribution in [2.24, 2.45) is 12.1 Å². The monoisotopic (exact) mass is 366 g/mol. The number of carbonyl (C=O) groups is 1. The number of ether oxygens (including phenoxy) is 1. The van der Waals surface area contributed by atoms with Crippen molar-refractivity contribution in [3.05, 3.63) is 69.4 Å². The number of aromatic nitrogens is 1. The third kappa shape index (κ3) is 3.50. The summed E-state index contributed by atoms with van der Waals surface area (Å²) in [6.45, 7) is 1.85. The lowest BCUT2D eigenvalue weighted by Gasteiger charge is -2.02. The normalized spacial score (nSPS) is 11.1. The molecule has 0 aliphatic carbocycles. The molecule has 8 heteroatoms. The number of hydrazone groups is 1. The number of fused-ring (bicyclic) bond motifs is 1. The second kappa shape index (κ2) is 7.28. The van der Waals surface area contributed by atoms with Crippen LogP contribution in [0.3, 0.4) is 0 Å². The molecule has 0 aliphatic rings. The quantitative estimate of drug-likeness (QED) is 0.426. The predicted molar refractivity (Wildman–Crippen MR) is 102 cm³/mol. The summed E-state index contributed by atoms with van der Waals surface area (Å²) >= 11 is 0. The van der Waals surface area contributed by atoms with Crippen molar-refractivity contribution in [2.75, 3.05) is 7.11 Å². The number of carbonyl (C=O) groups excluding carboxylic acids is 1. The minimum absolute atomic E-state index is 0.0396. The zero-order valence-electron chi connectivity index (χ0n) is 15.1. The first-order valence-corrected chi connectivity index (χ1v) is 8.13. The van der Waals surface area contributed by atoms with E-state index >= 15 is 0 Å². The standard InChI is InChI=1S/C19H18N4O4/c1-12-18(16-10-15(27-3)7-8-17(16)22(12)2)19(24)21-20-11-13-5-4-6-14(9-13)23(25)26/h4-11H,1-3H3,(H,21,24)/b20-11-. The second-order valence-electron chi connectivity index (χ2n) is 5.95. The van der Waals surface area contributed by atoms with Gasteiger partial charge in [-0.25, -0.2) is 5.43 Å². The number of nitrogens with zero attached hydrogens (tertiary/aromatic N) is 3. The van der Waals surface area contributed by atoms with Crippen molar-refractivity contribution >= 4 is 28.7 Å². The summed E-state index contributed by atoms with van der Waals surface area (Å²) < 4.78 is 7.17. The SMILES string of the molecule is COc1ccc2c(c1)c(C(=O)N/N=C\c1cccc([N+](=O)[O-])c1)c(C)n2C. The van der Waals surface area contributed by atoms with Gasteiger partial charge in [0, 0.05) is 41.3 Å². The Kier molecular flexibility index (Phi) is 4.89. The van der Waals surface area contributed by atoms with Gasteiger partial charge >= 0.3 is 0 Å². The van der Waals surface area contributed by atoms with E-state index in [0.29, 0.717) is 16.9 Å². The van der Waals surface area contributed by atoms with Crippen LogP contribution in [0.2, 0.25) is 0 Å². The summed E-state index contributed by atoms with van der Waals surface area (Å²) in [6, 6.07) is 11.5. The van der Waals surface area contributed by atoms with Gasteiger partial charge in [-0.05, 0) is 25.1 Å². The molecule has 0 bridgehead atoms. The van der Waals surface area contributed by atoms with E-state index in [2.05, 4.69) is 10.5 Å². The van der Waals surface area contributed by atoms with Crippen LogP contribution in [-0.4, -0.2) is 28.7 Å². The number of nitrogens with one attached hydrogen (secondary N) is 1. The van der Waals surface area contributed by atoms with Crippen molar-refractivity contribution in [3.63, 3.8) is 0 Å². The number of rotatable bonds is 5. The van der Waals surface area contributed by atoms with Crippen LogP contribution in [0.15, 0.2) is 47.6 Å². The summed E-state index contributed by atoms with van der Waals surface area (Å²) in [5, 5.41) is 15.5. The molecule has 1 heterocycles. The molecule has 0 aliphatic heterocycles. The largest absolute Gasteiger partial charge is 0.497 e. The molecule has 8 nitrogen and oxygen atoms in total. The Hall–Kier alpha value is -3.68. The van der Waals surface area contributed by atoms with Crippen LogP contribution in [0, 0.1) is 17.0 Å². The van der Waals surface area contributed by atoms with Crippen LogP contribution < -0.4 is 10.2 Å².